The summed E-state index contributed by atoms with van der Waals surface area (Å²) in [5.41, 5.74) is 5.17. The maximum atomic E-state index is 12.8. The molecule has 1 aliphatic carbocycles. The first-order valence-electron chi connectivity index (χ1n) is 8.16. The first-order chi connectivity index (χ1) is 10.8. The van der Waals surface area contributed by atoms with Gasteiger partial charge in [-0.3, -0.25) is 4.79 Å². The van der Waals surface area contributed by atoms with Crippen molar-refractivity contribution in [2.45, 2.75) is 57.2 Å². The lowest BCUT2D eigenvalue weighted by Gasteiger charge is -2.35. The van der Waals surface area contributed by atoms with Gasteiger partial charge in [0.25, 0.3) is 0 Å². The smallest absolute Gasteiger partial charge is 0.370 e. The van der Waals surface area contributed by atoms with E-state index in [0.29, 0.717) is 45.2 Å². The number of hydrogen-bond acceptors (Lipinski definition) is 2. The number of primary amides is 1. The van der Waals surface area contributed by atoms with Gasteiger partial charge in [-0.1, -0.05) is 6.42 Å². The number of likely N-dealkylation sites (tertiary alicyclic amines) is 1. The topological polar surface area (TPSA) is 75.4 Å². The Balaban J connectivity index is 1.78. The Morgan fingerprint density at radius 1 is 1.13 bits per heavy atom. The average Bonchev–Trinajstić information content (AvgIpc) is 2.46. The molecule has 3 amide bonds. The minimum Gasteiger partial charge on any atom is -0.370 e. The van der Waals surface area contributed by atoms with Crippen LogP contribution in [0.5, 0.6) is 0 Å². The summed E-state index contributed by atoms with van der Waals surface area (Å²) in [6, 6.07) is -0.707. The fourth-order valence-electron chi connectivity index (χ4n) is 3.51. The van der Waals surface area contributed by atoms with Crippen molar-refractivity contribution in [2.24, 2.45) is 17.6 Å². The number of rotatable bonds is 3. The van der Waals surface area contributed by atoms with Crippen LogP contribution < -0.4 is 11.1 Å². The SMILES string of the molecule is NC(=O)CC1CCN(C(=O)NC2CCCC(C(F)(F)F)C2)CC1. The highest BCUT2D eigenvalue weighted by atomic mass is 19.4. The van der Waals surface area contributed by atoms with Gasteiger partial charge in [-0.25, -0.2) is 4.79 Å². The molecule has 2 atom stereocenters. The summed E-state index contributed by atoms with van der Waals surface area (Å²) in [5, 5.41) is 2.74. The van der Waals surface area contributed by atoms with Crippen LogP contribution in [0, 0.1) is 11.8 Å². The highest BCUT2D eigenvalue weighted by molar-refractivity contribution is 5.75. The molecule has 0 spiro atoms. The maximum Gasteiger partial charge on any atom is 0.391 e. The van der Waals surface area contributed by atoms with Gasteiger partial charge in [-0.15, -0.1) is 0 Å². The van der Waals surface area contributed by atoms with Crippen LogP contribution in [-0.4, -0.2) is 42.1 Å². The zero-order valence-electron chi connectivity index (χ0n) is 13.1. The van der Waals surface area contributed by atoms with E-state index in [0.717, 1.165) is 0 Å². The molecule has 0 aromatic rings. The molecule has 3 N–H and O–H groups in total. The summed E-state index contributed by atoms with van der Waals surface area (Å²) in [5.74, 6) is -1.46. The van der Waals surface area contributed by atoms with E-state index in [9.17, 15) is 22.8 Å². The molecule has 8 heteroatoms. The molecule has 132 valence electrons. The number of piperidine rings is 1. The first-order valence-corrected chi connectivity index (χ1v) is 8.16. The molecule has 1 heterocycles. The van der Waals surface area contributed by atoms with Crippen molar-refractivity contribution in [3.05, 3.63) is 0 Å². The van der Waals surface area contributed by atoms with Gasteiger partial charge in [0.15, 0.2) is 0 Å². The van der Waals surface area contributed by atoms with Crippen LogP contribution in [-0.2, 0) is 4.79 Å². The Morgan fingerprint density at radius 2 is 1.78 bits per heavy atom. The second-order valence-corrected chi connectivity index (χ2v) is 6.65. The van der Waals surface area contributed by atoms with Crippen molar-refractivity contribution in [3.63, 3.8) is 0 Å². The number of halogens is 3. The summed E-state index contributed by atoms with van der Waals surface area (Å²) < 4.78 is 38.4. The van der Waals surface area contributed by atoms with E-state index in [1.807, 2.05) is 0 Å². The molecule has 2 fully saturated rings. The lowest BCUT2D eigenvalue weighted by atomic mass is 9.85. The third-order valence-corrected chi connectivity index (χ3v) is 4.86. The van der Waals surface area contributed by atoms with E-state index in [-0.39, 0.29) is 30.7 Å². The Labute approximate surface area is 133 Å². The van der Waals surface area contributed by atoms with E-state index in [4.69, 9.17) is 5.73 Å². The van der Waals surface area contributed by atoms with Gasteiger partial charge < -0.3 is 16.0 Å². The van der Waals surface area contributed by atoms with Gasteiger partial charge in [0.1, 0.15) is 0 Å². The lowest BCUT2D eigenvalue weighted by molar-refractivity contribution is -0.183. The Bertz CT molecular complexity index is 434. The number of urea groups is 1. The Morgan fingerprint density at radius 3 is 2.35 bits per heavy atom. The van der Waals surface area contributed by atoms with Crippen LogP contribution in [0.25, 0.3) is 0 Å². The van der Waals surface area contributed by atoms with Crippen LogP contribution in [0.15, 0.2) is 0 Å². The monoisotopic (exact) mass is 335 g/mol. The van der Waals surface area contributed by atoms with Crippen LogP contribution in [0.1, 0.15) is 44.9 Å². The Kier molecular flexibility index (Phi) is 5.75. The maximum absolute atomic E-state index is 12.8. The van der Waals surface area contributed by atoms with Gasteiger partial charge in [-0.05, 0) is 38.0 Å². The van der Waals surface area contributed by atoms with Crippen LogP contribution in [0.3, 0.4) is 0 Å². The number of carbonyl (C=O) groups is 2. The molecule has 0 bridgehead atoms. The van der Waals surface area contributed by atoms with E-state index < -0.39 is 18.1 Å². The molecule has 0 radical (unpaired) electrons. The summed E-state index contributed by atoms with van der Waals surface area (Å²) in [6.45, 7) is 1.03. The van der Waals surface area contributed by atoms with Crippen molar-refractivity contribution in [1.82, 2.24) is 10.2 Å². The number of carbonyl (C=O) groups excluding carboxylic acids is 2. The quantitative estimate of drug-likeness (QED) is 0.831. The molecule has 2 unspecified atom stereocenters. The fraction of sp³-hybridized carbons (Fsp3) is 0.867. The summed E-state index contributed by atoms with van der Waals surface area (Å²) in [4.78, 5) is 24.7. The van der Waals surface area contributed by atoms with Crippen molar-refractivity contribution in [3.8, 4) is 0 Å². The first kappa shape index (κ1) is 17.9. The van der Waals surface area contributed by atoms with Gasteiger partial charge in [0, 0.05) is 25.6 Å². The predicted octanol–water partition coefficient (Wildman–Crippen LogP) is 2.40. The zero-order chi connectivity index (χ0) is 17.0. The lowest BCUT2D eigenvalue weighted by Crippen LogP contribution is -2.49. The normalized spacial score (nSPS) is 26.8. The second kappa shape index (κ2) is 7.40. The van der Waals surface area contributed by atoms with Crippen molar-refractivity contribution < 1.29 is 22.8 Å². The predicted molar refractivity (Wildman–Crippen MR) is 78.4 cm³/mol. The largest absolute Gasteiger partial charge is 0.391 e. The van der Waals surface area contributed by atoms with Crippen molar-refractivity contribution >= 4 is 11.9 Å². The summed E-state index contributed by atoms with van der Waals surface area (Å²) >= 11 is 0. The number of nitrogens with two attached hydrogens (primary N) is 1. The molecule has 2 aliphatic rings. The molecule has 1 saturated heterocycles. The molecule has 1 aliphatic heterocycles. The van der Waals surface area contributed by atoms with Gasteiger partial charge in [0.2, 0.25) is 5.91 Å². The fourth-order valence-corrected chi connectivity index (χ4v) is 3.51. The summed E-state index contributed by atoms with van der Waals surface area (Å²) in [6.07, 6.45) is -1.27. The molecular weight excluding hydrogens is 311 g/mol. The number of nitrogens with one attached hydrogen (secondary N) is 1. The Hall–Kier alpha value is -1.47. The highest BCUT2D eigenvalue weighted by Crippen LogP contribution is 2.37. The number of nitrogens with zero attached hydrogens (tertiary/aromatic N) is 1. The number of hydrogen-bond donors (Lipinski definition) is 2. The third-order valence-electron chi connectivity index (χ3n) is 4.86. The van der Waals surface area contributed by atoms with E-state index in [1.165, 1.54) is 0 Å². The van der Waals surface area contributed by atoms with E-state index >= 15 is 0 Å². The second-order valence-electron chi connectivity index (χ2n) is 6.65. The molecule has 0 aromatic heterocycles. The van der Waals surface area contributed by atoms with E-state index in [1.54, 1.807) is 4.90 Å². The third kappa shape index (κ3) is 5.28. The van der Waals surface area contributed by atoms with Crippen LogP contribution >= 0.6 is 0 Å². The molecule has 0 aromatic carbocycles. The van der Waals surface area contributed by atoms with Gasteiger partial charge in [-0.2, -0.15) is 13.2 Å². The van der Waals surface area contributed by atoms with Crippen molar-refractivity contribution in [2.75, 3.05) is 13.1 Å². The summed E-state index contributed by atoms with van der Waals surface area (Å²) in [7, 11) is 0. The minimum atomic E-state index is -4.18. The number of alkyl halides is 3. The van der Waals surface area contributed by atoms with Crippen molar-refractivity contribution in [1.29, 1.82) is 0 Å². The zero-order valence-corrected chi connectivity index (χ0v) is 13.1. The van der Waals surface area contributed by atoms with E-state index in [2.05, 4.69) is 5.32 Å². The molecule has 1 saturated carbocycles. The molecular formula is C15H24F3N3O2. The average molecular weight is 335 g/mol. The minimum absolute atomic E-state index is 0.0343. The van der Waals surface area contributed by atoms with Crippen LogP contribution in [0.4, 0.5) is 18.0 Å². The standard InChI is InChI=1S/C15H24F3N3O2/c16-15(17,18)11-2-1-3-12(9-11)20-14(23)21-6-4-10(5-7-21)8-13(19)22/h10-12H,1-9H2,(H2,19,22)(H,20,23). The molecule has 23 heavy (non-hydrogen) atoms. The highest BCUT2D eigenvalue weighted by Gasteiger charge is 2.42. The molecule has 5 nitrogen and oxygen atoms in total. The number of amides is 3. The van der Waals surface area contributed by atoms with Gasteiger partial charge in [0.05, 0.1) is 5.92 Å². The van der Waals surface area contributed by atoms with Crippen LogP contribution in [0.2, 0.25) is 0 Å². The van der Waals surface area contributed by atoms with Gasteiger partial charge >= 0.3 is 12.2 Å². The molecule has 2 rings (SSSR count).